The molecule has 1 aromatic rings. The Morgan fingerprint density at radius 2 is 1.87 bits per heavy atom. The Morgan fingerprint density at radius 3 is 2.63 bits per heavy atom. The lowest BCUT2D eigenvalue weighted by Crippen LogP contribution is -2.47. The Bertz CT molecular complexity index is 755. The lowest BCUT2D eigenvalue weighted by atomic mass is 9.93. The molecule has 162 valence electrons. The summed E-state index contributed by atoms with van der Waals surface area (Å²) in [6.45, 7) is 7.63. The number of amides is 1. The molecular formula is C25H36N4O. The van der Waals surface area contributed by atoms with Crippen LogP contribution in [-0.4, -0.2) is 61.5 Å². The van der Waals surface area contributed by atoms with Crippen LogP contribution in [0.5, 0.6) is 0 Å². The fraction of sp³-hybridized carbons (Fsp3) is 0.680. The molecule has 4 rings (SSSR count). The van der Waals surface area contributed by atoms with Gasteiger partial charge in [0.25, 0.3) is 0 Å². The minimum absolute atomic E-state index is 0.243. The van der Waals surface area contributed by atoms with E-state index in [2.05, 4.69) is 34.1 Å². The number of likely N-dealkylation sites (tertiary alicyclic amines) is 1. The molecule has 2 heterocycles. The largest absolute Gasteiger partial charge is 0.369 e. The summed E-state index contributed by atoms with van der Waals surface area (Å²) in [4.78, 5) is 19.5. The van der Waals surface area contributed by atoms with Gasteiger partial charge in [0.1, 0.15) is 0 Å². The monoisotopic (exact) mass is 408 g/mol. The maximum atomic E-state index is 12.2. The van der Waals surface area contributed by atoms with Crippen LogP contribution < -0.4 is 4.90 Å². The Hall–Kier alpha value is -2.06. The molecule has 0 atom stereocenters. The highest BCUT2D eigenvalue weighted by Gasteiger charge is 2.25. The van der Waals surface area contributed by atoms with Gasteiger partial charge in [-0.05, 0) is 74.6 Å². The summed E-state index contributed by atoms with van der Waals surface area (Å²) < 4.78 is 0. The quantitative estimate of drug-likeness (QED) is 0.647. The van der Waals surface area contributed by atoms with Gasteiger partial charge in [0.15, 0.2) is 0 Å². The van der Waals surface area contributed by atoms with Crippen molar-refractivity contribution in [3.63, 3.8) is 0 Å². The third kappa shape index (κ3) is 5.16. The summed E-state index contributed by atoms with van der Waals surface area (Å²) in [5, 5.41) is 8.62. The summed E-state index contributed by atoms with van der Waals surface area (Å²) in [6.07, 6.45) is 9.09. The molecule has 1 amide bonds. The average Bonchev–Trinajstić information content (AvgIpc) is 3.28. The maximum absolute atomic E-state index is 12.2. The summed E-state index contributed by atoms with van der Waals surface area (Å²) in [5.41, 5.74) is 4.68. The topological polar surface area (TPSA) is 50.6 Å². The Balaban J connectivity index is 1.15. The van der Waals surface area contributed by atoms with Crippen LogP contribution in [0.1, 0.15) is 56.1 Å². The molecule has 0 N–H and O–H groups in total. The summed E-state index contributed by atoms with van der Waals surface area (Å²) >= 11 is 0. The molecule has 1 aromatic carbocycles. The fourth-order valence-corrected chi connectivity index (χ4v) is 5.42. The molecular weight excluding hydrogens is 372 g/mol. The van der Waals surface area contributed by atoms with Crippen LogP contribution in [-0.2, 0) is 17.6 Å². The fourth-order valence-electron chi connectivity index (χ4n) is 5.42. The van der Waals surface area contributed by atoms with E-state index in [0.29, 0.717) is 19.3 Å². The van der Waals surface area contributed by atoms with Gasteiger partial charge in [-0.1, -0.05) is 12.1 Å². The first-order valence-electron chi connectivity index (χ1n) is 12.0. The van der Waals surface area contributed by atoms with Crippen LogP contribution in [0.4, 0.5) is 5.69 Å². The zero-order valence-electron chi connectivity index (χ0n) is 18.3. The molecule has 0 spiro atoms. The van der Waals surface area contributed by atoms with Gasteiger partial charge in [0.05, 0.1) is 6.07 Å². The summed E-state index contributed by atoms with van der Waals surface area (Å²) in [5.74, 6) is 0.996. The standard InChI is InChI=1S/C25H36N4O/c26-13-2-1-9-25(30)29-15-11-21(12-16-29)10-14-27-17-19-28(20-18-27)24-8-4-6-22-5-3-7-23(22)24/h4,6,8,21H,1-3,5,7,9-12,14-20H2. The average molecular weight is 409 g/mol. The van der Waals surface area contributed by atoms with Gasteiger partial charge in [-0.15, -0.1) is 0 Å². The highest BCUT2D eigenvalue weighted by atomic mass is 16.2. The Morgan fingerprint density at radius 1 is 1.07 bits per heavy atom. The van der Waals surface area contributed by atoms with E-state index < -0.39 is 0 Å². The molecule has 0 radical (unpaired) electrons. The molecule has 0 unspecified atom stereocenters. The van der Waals surface area contributed by atoms with E-state index in [9.17, 15) is 4.79 Å². The predicted octanol–water partition coefficient (Wildman–Crippen LogP) is 3.62. The van der Waals surface area contributed by atoms with Crippen LogP contribution >= 0.6 is 0 Å². The van der Waals surface area contributed by atoms with Crippen molar-refractivity contribution in [3.05, 3.63) is 29.3 Å². The molecule has 30 heavy (non-hydrogen) atoms. The van der Waals surface area contributed by atoms with Crippen molar-refractivity contribution in [3.8, 4) is 6.07 Å². The zero-order valence-corrected chi connectivity index (χ0v) is 18.3. The number of nitriles is 1. The number of anilines is 1. The number of nitrogens with zero attached hydrogens (tertiary/aromatic N) is 4. The van der Waals surface area contributed by atoms with Crippen molar-refractivity contribution >= 4 is 11.6 Å². The third-order valence-electron chi connectivity index (χ3n) is 7.33. The number of rotatable bonds is 7. The van der Waals surface area contributed by atoms with Gasteiger partial charge >= 0.3 is 0 Å². The molecule has 5 nitrogen and oxygen atoms in total. The minimum Gasteiger partial charge on any atom is -0.369 e. The number of fused-ring (bicyclic) bond motifs is 1. The van der Waals surface area contributed by atoms with E-state index in [4.69, 9.17) is 5.26 Å². The van der Waals surface area contributed by atoms with E-state index in [1.165, 1.54) is 51.0 Å². The predicted molar refractivity (Wildman–Crippen MR) is 121 cm³/mol. The number of hydrogen-bond donors (Lipinski definition) is 0. The van der Waals surface area contributed by atoms with E-state index in [-0.39, 0.29) is 5.91 Å². The minimum atomic E-state index is 0.243. The number of piperazine rings is 1. The van der Waals surface area contributed by atoms with Crippen LogP contribution in [0.25, 0.3) is 0 Å². The summed E-state index contributed by atoms with van der Waals surface area (Å²) in [6, 6.07) is 9.01. The van der Waals surface area contributed by atoms with Gasteiger partial charge in [-0.2, -0.15) is 5.26 Å². The molecule has 2 aliphatic heterocycles. The lowest BCUT2D eigenvalue weighted by Gasteiger charge is -2.38. The number of unbranched alkanes of at least 4 members (excludes halogenated alkanes) is 1. The van der Waals surface area contributed by atoms with Gasteiger partial charge in [-0.3, -0.25) is 9.69 Å². The highest BCUT2D eigenvalue weighted by molar-refractivity contribution is 5.76. The Kier molecular flexibility index (Phi) is 7.28. The Labute approximate surface area is 181 Å². The number of carbonyl (C=O) groups is 1. The SMILES string of the molecule is N#CCCCC(=O)N1CCC(CCN2CCN(c3cccc4c3CCC4)CC2)CC1. The third-order valence-corrected chi connectivity index (χ3v) is 7.33. The van der Waals surface area contributed by atoms with Crippen molar-refractivity contribution in [2.75, 3.05) is 50.7 Å². The highest BCUT2D eigenvalue weighted by Crippen LogP contribution is 2.32. The molecule has 5 heteroatoms. The number of carbonyl (C=O) groups excluding carboxylic acids is 1. The van der Waals surface area contributed by atoms with Gasteiger partial charge < -0.3 is 9.80 Å². The number of aryl methyl sites for hydroxylation is 1. The molecule has 0 aromatic heterocycles. The molecule has 1 aliphatic carbocycles. The number of piperidine rings is 1. The van der Waals surface area contributed by atoms with Crippen LogP contribution in [0.2, 0.25) is 0 Å². The first kappa shape index (κ1) is 21.2. The van der Waals surface area contributed by atoms with E-state index in [1.54, 1.807) is 11.1 Å². The molecule has 2 fully saturated rings. The normalized spacial score (nSPS) is 20.2. The zero-order chi connectivity index (χ0) is 20.8. The second kappa shape index (κ2) is 10.3. The molecule has 3 aliphatic rings. The van der Waals surface area contributed by atoms with E-state index >= 15 is 0 Å². The number of hydrogen-bond acceptors (Lipinski definition) is 4. The smallest absolute Gasteiger partial charge is 0.222 e. The molecule has 2 saturated heterocycles. The van der Waals surface area contributed by atoms with Gasteiger partial charge in [0.2, 0.25) is 5.91 Å². The van der Waals surface area contributed by atoms with Crippen molar-refractivity contribution in [1.82, 2.24) is 9.80 Å². The lowest BCUT2D eigenvalue weighted by molar-refractivity contribution is -0.132. The van der Waals surface area contributed by atoms with Crippen LogP contribution in [0.15, 0.2) is 18.2 Å². The van der Waals surface area contributed by atoms with Gasteiger partial charge in [-0.25, -0.2) is 0 Å². The molecule has 0 bridgehead atoms. The molecule has 0 saturated carbocycles. The van der Waals surface area contributed by atoms with E-state index in [0.717, 1.165) is 44.9 Å². The second-order valence-corrected chi connectivity index (χ2v) is 9.22. The van der Waals surface area contributed by atoms with Crippen molar-refractivity contribution in [2.24, 2.45) is 5.92 Å². The van der Waals surface area contributed by atoms with Crippen molar-refractivity contribution in [2.45, 2.75) is 57.8 Å². The first-order chi connectivity index (χ1) is 14.7. The second-order valence-electron chi connectivity index (χ2n) is 9.22. The van der Waals surface area contributed by atoms with Crippen LogP contribution in [0.3, 0.4) is 0 Å². The van der Waals surface area contributed by atoms with Crippen molar-refractivity contribution < 1.29 is 4.79 Å². The number of benzene rings is 1. The first-order valence-corrected chi connectivity index (χ1v) is 12.0. The van der Waals surface area contributed by atoms with Gasteiger partial charge in [0, 0.05) is 57.8 Å². The van der Waals surface area contributed by atoms with Crippen LogP contribution in [0, 0.1) is 17.2 Å². The summed E-state index contributed by atoms with van der Waals surface area (Å²) in [7, 11) is 0. The van der Waals surface area contributed by atoms with Crippen molar-refractivity contribution in [1.29, 1.82) is 5.26 Å². The maximum Gasteiger partial charge on any atom is 0.222 e. The van der Waals surface area contributed by atoms with E-state index in [1.807, 2.05) is 4.90 Å².